The summed E-state index contributed by atoms with van der Waals surface area (Å²) in [5.41, 5.74) is 0.437. The Balaban J connectivity index is 1.70. The molecule has 3 rings (SSSR count). The molecule has 1 aromatic carbocycles. The molecule has 1 atom stereocenters. The number of methoxy groups -OCH3 is 1. The zero-order valence-corrected chi connectivity index (χ0v) is 20.8. The van der Waals surface area contributed by atoms with Gasteiger partial charge in [-0.05, 0) is 57.0 Å². The van der Waals surface area contributed by atoms with E-state index in [0.29, 0.717) is 31.9 Å². The van der Waals surface area contributed by atoms with Crippen LogP contribution in [0.5, 0.6) is 5.75 Å². The molecule has 2 aromatic rings. The van der Waals surface area contributed by atoms with Gasteiger partial charge in [0.25, 0.3) is 0 Å². The van der Waals surface area contributed by atoms with Crippen molar-refractivity contribution in [2.24, 2.45) is 0 Å². The summed E-state index contributed by atoms with van der Waals surface area (Å²) in [6, 6.07) is 9.84. The number of carbonyl (C=O) groups excluding carboxylic acids is 1. The van der Waals surface area contributed by atoms with Gasteiger partial charge in [-0.15, -0.1) is 0 Å². The molecule has 33 heavy (non-hydrogen) atoms. The molecule has 2 heterocycles. The summed E-state index contributed by atoms with van der Waals surface area (Å²) in [4.78, 5) is 20.8. The summed E-state index contributed by atoms with van der Waals surface area (Å²) in [6.45, 7) is 10.3. The van der Waals surface area contributed by atoms with Crippen LogP contribution in [0.2, 0.25) is 0 Å². The van der Waals surface area contributed by atoms with E-state index in [0.717, 1.165) is 12.0 Å². The van der Waals surface area contributed by atoms with Crippen LogP contribution >= 0.6 is 0 Å². The fraction of sp³-hybridized carbons (Fsp3) is 0.500. The number of hydrogen-bond donors (Lipinski definition) is 0. The Labute approximate surface area is 196 Å². The van der Waals surface area contributed by atoms with Gasteiger partial charge in [0.1, 0.15) is 11.4 Å². The van der Waals surface area contributed by atoms with Gasteiger partial charge in [-0.25, -0.2) is 18.2 Å². The maximum atomic E-state index is 13.0. The number of carbonyl (C=O) groups is 1. The lowest BCUT2D eigenvalue weighted by atomic mass is 10.0. The Kier molecular flexibility index (Phi) is 7.64. The van der Waals surface area contributed by atoms with Crippen molar-refractivity contribution in [2.75, 3.05) is 33.3 Å². The second-order valence-corrected chi connectivity index (χ2v) is 10.9. The Bertz CT molecular complexity index is 1060. The van der Waals surface area contributed by atoms with E-state index in [4.69, 9.17) is 9.47 Å². The SMILES string of the molecule is CCC(c1ccc(S(=O)(=O)c2cccc(OC)c2)nc1)N1CCN(C(=O)OC(C)(C)C)CC1. The predicted molar refractivity (Wildman–Crippen MR) is 125 cm³/mol. The number of sulfone groups is 1. The molecule has 0 aliphatic carbocycles. The minimum Gasteiger partial charge on any atom is -0.497 e. The van der Waals surface area contributed by atoms with Gasteiger partial charge in [0.15, 0.2) is 5.03 Å². The zero-order valence-electron chi connectivity index (χ0n) is 19.9. The van der Waals surface area contributed by atoms with Crippen LogP contribution in [0.15, 0.2) is 52.5 Å². The Morgan fingerprint density at radius 1 is 1.12 bits per heavy atom. The van der Waals surface area contributed by atoms with Crippen molar-refractivity contribution >= 4 is 15.9 Å². The molecule has 0 N–H and O–H groups in total. The van der Waals surface area contributed by atoms with Crippen LogP contribution in [0.4, 0.5) is 4.79 Å². The van der Waals surface area contributed by atoms with E-state index in [1.165, 1.54) is 19.2 Å². The van der Waals surface area contributed by atoms with Gasteiger partial charge in [0.2, 0.25) is 9.84 Å². The molecule has 0 saturated carbocycles. The minimum atomic E-state index is -3.74. The lowest BCUT2D eigenvalue weighted by Gasteiger charge is -2.39. The van der Waals surface area contributed by atoms with E-state index in [1.807, 2.05) is 26.8 Å². The lowest BCUT2D eigenvalue weighted by molar-refractivity contribution is 0.00996. The zero-order chi connectivity index (χ0) is 24.2. The summed E-state index contributed by atoms with van der Waals surface area (Å²) in [6.07, 6.45) is 2.20. The second-order valence-electron chi connectivity index (χ2n) is 9.04. The first-order valence-corrected chi connectivity index (χ1v) is 12.6. The van der Waals surface area contributed by atoms with Gasteiger partial charge in [-0.1, -0.05) is 19.1 Å². The lowest BCUT2D eigenvalue weighted by Crippen LogP contribution is -2.50. The van der Waals surface area contributed by atoms with E-state index >= 15 is 0 Å². The van der Waals surface area contributed by atoms with Crippen molar-refractivity contribution in [1.82, 2.24) is 14.8 Å². The molecule has 1 aliphatic rings. The van der Waals surface area contributed by atoms with Crippen LogP contribution in [0.1, 0.15) is 45.7 Å². The third-order valence-electron chi connectivity index (χ3n) is 5.56. The molecule has 8 nitrogen and oxygen atoms in total. The Hall–Kier alpha value is -2.65. The van der Waals surface area contributed by atoms with Crippen LogP contribution in [0, 0.1) is 0 Å². The highest BCUT2D eigenvalue weighted by molar-refractivity contribution is 7.91. The first-order chi connectivity index (χ1) is 15.5. The van der Waals surface area contributed by atoms with Crippen LogP contribution < -0.4 is 4.74 Å². The average Bonchev–Trinajstić information content (AvgIpc) is 2.79. The maximum absolute atomic E-state index is 13.0. The van der Waals surface area contributed by atoms with Crippen LogP contribution in [0.3, 0.4) is 0 Å². The fourth-order valence-electron chi connectivity index (χ4n) is 3.88. The number of amides is 1. The first-order valence-electron chi connectivity index (χ1n) is 11.1. The molecule has 9 heteroatoms. The molecular formula is C24H33N3O5S. The fourth-order valence-corrected chi connectivity index (χ4v) is 5.09. The number of rotatable bonds is 6. The van der Waals surface area contributed by atoms with Crippen molar-refractivity contribution in [1.29, 1.82) is 0 Å². The molecule has 0 radical (unpaired) electrons. The van der Waals surface area contributed by atoms with Gasteiger partial charge < -0.3 is 14.4 Å². The monoisotopic (exact) mass is 475 g/mol. The molecule has 180 valence electrons. The molecule has 1 fully saturated rings. The summed E-state index contributed by atoms with van der Waals surface area (Å²) >= 11 is 0. The van der Waals surface area contributed by atoms with Crippen LogP contribution in [-0.4, -0.2) is 68.2 Å². The number of benzene rings is 1. The average molecular weight is 476 g/mol. The van der Waals surface area contributed by atoms with Crippen LogP contribution in [-0.2, 0) is 14.6 Å². The molecule has 1 aliphatic heterocycles. The number of ether oxygens (including phenoxy) is 2. The number of aromatic nitrogens is 1. The first kappa shape index (κ1) is 25.0. The molecule has 1 unspecified atom stereocenters. The number of nitrogens with zero attached hydrogens (tertiary/aromatic N) is 3. The topological polar surface area (TPSA) is 89.0 Å². The maximum Gasteiger partial charge on any atom is 0.410 e. The summed E-state index contributed by atoms with van der Waals surface area (Å²) in [7, 11) is -2.24. The van der Waals surface area contributed by atoms with E-state index in [1.54, 1.807) is 29.3 Å². The summed E-state index contributed by atoms with van der Waals surface area (Å²) in [5.74, 6) is 0.476. The van der Waals surface area contributed by atoms with E-state index in [2.05, 4.69) is 16.8 Å². The minimum absolute atomic E-state index is 0.00380. The highest BCUT2D eigenvalue weighted by atomic mass is 32.2. The van der Waals surface area contributed by atoms with Crippen molar-refractivity contribution in [3.63, 3.8) is 0 Å². The third-order valence-corrected chi connectivity index (χ3v) is 7.23. The molecule has 1 aromatic heterocycles. The van der Waals surface area contributed by atoms with Gasteiger partial charge in [-0.2, -0.15) is 0 Å². The number of hydrogen-bond acceptors (Lipinski definition) is 7. The molecule has 0 spiro atoms. The van der Waals surface area contributed by atoms with Gasteiger partial charge in [0.05, 0.1) is 12.0 Å². The number of pyridine rings is 1. The summed E-state index contributed by atoms with van der Waals surface area (Å²) < 4.78 is 36.6. The van der Waals surface area contributed by atoms with Crippen molar-refractivity contribution in [3.05, 3.63) is 48.2 Å². The van der Waals surface area contributed by atoms with Gasteiger partial charge in [-0.3, -0.25) is 4.90 Å². The van der Waals surface area contributed by atoms with Crippen molar-refractivity contribution in [2.45, 2.75) is 55.7 Å². The molecule has 0 bridgehead atoms. The van der Waals surface area contributed by atoms with Crippen molar-refractivity contribution < 1.29 is 22.7 Å². The van der Waals surface area contributed by atoms with Gasteiger partial charge >= 0.3 is 6.09 Å². The van der Waals surface area contributed by atoms with Gasteiger partial charge in [0, 0.05) is 38.4 Å². The predicted octanol–water partition coefficient (Wildman–Crippen LogP) is 3.93. The molecular weight excluding hydrogens is 442 g/mol. The van der Waals surface area contributed by atoms with Crippen molar-refractivity contribution in [3.8, 4) is 5.75 Å². The van der Waals surface area contributed by atoms with Crippen LogP contribution in [0.25, 0.3) is 0 Å². The highest BCUT2D eigenvalue weighted by Gasteiger charge is 2.29. The Morgan fingerprint density at radius 3 is 2.36 bits per heavy atom. The Morgan fingerprint density at radius 2 is 1.82 bits per heavy atom. The van der Waals surface area contributed by atoms with E-state index in [9.17, 15) is 13.2 Å². The normalized spacial score (nSPS) is 16.3. The smallest absolute Gasteiger partial charge is 0.410 e. The summed E-state index contributed by atoms with van der Waals surface area (Å²) in [5, 5.41) is 0.00380. The number of piperazine rings is 1. The molecule has 1 saturated heterocycles. The third kappa shape index (κ3) is 6.03. The van der Waals surface area contributed by atoms with E-state index in [-0.39, 0.29) is 22.1 Å². The quantitative estimate of drug-likeness (QED) is 0.625. The van der Waals surface area contributed by atoms with E-state index < -0.39 is 15.4 Å². The second kappa shape index (κ2) is 10.1. The largest absolute Gasteiger partial charge is 0.497 e. The molecule has 1 amide bonds. The standard InChI is InChI=1S/C24H33N3O5S/c1-6-21(26-12-14-27(15-13-26)23(28)32-24(2,3)4)18-10-11-22(25-17-18)33(29,30)20-9-7-8-19(16-20)31-5/h7-11,16-17,21H,6,12-15H2,1-5H3. The highest BCUT2D eigenvalue weighted by Crippen LogP contribution is 2.28.